The number of halogens is 1. The average Bonchev–Trinajstić information content (AvgIpc) is 2.79. The van der Waals surface area contributed by atoms with Crippen molar-refractivity contribution >= 4 is 28.6 Å². The Morgan fingerprint density at radius 3 is 2.11 bits per heavy atom. The summed E-state index contributed by atoms with van der Waals surface area (Å²) in [5.41, 5.74) is 2.29. The first-order valence-corrected chi connectivity index (χ1v) is 14.1. The van der Waals surface area contributed by atoms with E-state index in [0.29, 0.717) is 17.9 Å². The molecular weight excluding hydrogens is 472 g/mol. The van der Waals surface area contributed by atoms with Gasteiger partial charge in [0.25, 0.3) is 5.91 Å². The molecule has 1 amide bonds. The summed E-state index contributed by atoms with van der Waals surface area (Å²) in [6.07, 6.45) is 11.1. The van der Waals surface area contributed by atoms with E-state index in [1.807, 2.05) is 26.0 Å². The van der Waals surface area contributed by atoms with Gasteiger partial charge in [0, 0.05) is 18.7 Å². The summed E-state index contributed by atoms with van der Waals surface area (Å²) in [5.74, 6) is 0.230. The third-order valence-electron chi connectivity index (χ3n) is 7.64. The van der Waals surface area contributed by atoms with Gasteiger partial charge in [-0.15, -0.1) is 0 Å². The van der Waals surface area contributed by atoms with Crippen molar-refractivity contribution in [2.45, 2.75) is 125 Å². The molecule has 0 aromatic rings. The van der Waals surface area contributed by atoms with Crippen LogP contribution >= 0.6 is 11.6 Å². The predicted molar refractivity (Wildman–Crippen MR) is 150 cm³/mol. The van der Waals surface area contributed by atoms with Gasteiger partial charge in [0.15, 0.2) is 5.17 Å². The Balaban J connectivity index is 2.42. The second-order valence-electron chi connectivity index (χ2n) is 13.1. The summed E-state index contributed by atoms with van der Waals surface area (Å²) >= 11 is 6.38. The molecule has 0 heterocycles. The molecule has 2 aliphatic carbocycles. The van der Waals surface area contributed by atoms with Crippen LogP contribution in [0.25, 0.3) is 0 Å². The minimum absolute atomic E-state index is 0.0434. The minimum atomic E-state index is -0.249. The fourth-order valence-corrected chi connectivity index (χ4v) is 5.55. The van der Waals surface area contributed by atoms with E-state index in [1.165, 1.54) is 5.57 Å². The summed E-state index contributed by atoms with van der Waals surface area (Å²) < 4.78 is 5.41. The van der Waals surface area contributed by atoms with Crippen LogP contribution in [0.1, 0.15) is 107 Å². The Bertz CT molecular complexity index is 866. The average molecular weight is 521 g/mol. The standard InChI is InChI=1S/C30H49ClN2O3/c1-20(2)36-28(35)22-12-10-21(11-13-22)25(18-19-29(3,4)5)33(27(34)26(31)32-9)24-16-14-23(15-17-24)30(6,7)8/h10,12,20,23-25H,11,13-19H2,1-9H3/t23?,24?,25-/m1/s1. The number of carbonyl (C=O) groups excluding carboxylic acids is 2. The number of hydrogen-bond acceptors (Lipinski definition) is 4. The summed E-state index contributed by atoms with van der Waals surface area (Å²) in [4.78, 5) is 32.3. The number of nitrogens with zero attached hydrogens (tertiary/aromatic N) is 2. The Morgan fingerprint density at radius 1 is 1.06 bits per heavy atom. The molecule has 1 fully saturated rings. The van der Waals surface area contributed by atoms with Gasteiger partial charge in [0.05, 0.1) is 12.1 Å². The number of rotatable bonds is 8. The summed E-state index contributed by atoms with van der Waals surface area (Å²) in [6.45, 7) is 17.4. The molecule has 1 atom stereocenters. The molecule has 2 aliphatic rings. The van der Waals surface area contributed by atoms with E-state index in [-0.39, 0.29) is 46.1 Å². The van der Waals surface area contributed by atoms with Crippen LogP contribution in [0.2, 0.25) is 0 Å². The molecule has 2 rings (SSSR count). The van der Waals surface area contributed by atoms with Gasteiger partial charge in [-0.05, 0) is 87.5 Å². The highest BCUT2D eigenvalue weighted by molar-refractivity contribution is 6.82. The van der Waals surface area contributed by atoms with Crippen LogP contribution in [0.5, 0.6) is 0 Å². The fraction of sp³-hybridized carbons (Fsp3) is 0.767. The first-order chi connectivity index (χ1) is 16.6. The molecule has 0 bridgehead atoms. The summed E-state index contributed by atoms with van der Waals surface area (Å²) in [5, 5.41) is 0.0434. The lowest BCUT2D eigenvalue weighted by atomic mass is 9.71. The highest BCUT2D eigenvalue weighted by atomic mass is 35.5. The van der Waals surface area contributed by atoms with Crippen molar-refractivity contribution in [2.75, 3.05) is 7.05 Å². The molecule has 0 N–H and O–H groups in total. The maximum Gasteiger partial charge on any atom is 0.334 e. The quantitative estimate of drug-likeness (QED) is 0.246. The van der Waals surface area contributed by atoms with Gasteiger partial charge >= 0.3 is 5.97 Å². The molecule has 204 valence electrons. The fourth-order valence-electron chi connectivity index (χ4n) is 5.45. The van der Waals surface area contributed by atoms with E-state index < -0.39 is 0 Å². The van der Waals surface area contributed by atoms with Crippen molar-refractivity contribution in [3.63, 3.8) is 0 Å². The molecule has 1 saturated carbocycles. The zero-order valence-corrected chi connectivity index (χ0v) is 24.9. The molecule has 5 nitrogen and oxygen atoms in total. The van der Waals surface area contributed by atoms with Gasteiger partial charge in [0.1, 0.15) is 0 Å². The zero-order chi connectivity index (χ0) is 27.3. The third kappa shape index (κ3) is 8.75. The van der Waals surface area contributed by atoms with Crippen molar-refractivity contribution in [3.8, 4) is 0 Å². The molecule has 0 aromatic carbocycles. The molecule has 0 aliphatic heterocycles. The number of carbonyl (C=O) groups is 2. The third-order valence-corrected chi connectivity index (χ3v) is 7.97. The van der Waals surface area contributed by atoms with E-state index >= 15 is 0 Å². The van der Waals surface area contributed by atoms with Crippen LogP contribution in [0.3, 0.4) is 0 Å². The molecule has 36 heavy (non-hydrogen) atoms. The lowest BCUT2D eigenvalue weighted by Gasteiger charge is -2.45. The van der Waals surface area contributed by atoms with Crippen LogP contribution in [0.15, 0.2) is 28.3 Å². The Morgan fingerprint density at radius 2 is 1.67 bits per heavy atom. The molecule has 0 spiro atoms. The number of amides is 1. The highest BCUT2D eigenvalue weighted by Gasteiger charge is 2.39. The van der Waals surface area contributed by atoms with Crippen LogP contribution < -0.4 is 0 Å². The van der Waals surface area contributed by atoms with E-state index in [0.717, 1.165) is 44.9 Å². The summed E-state index contributed by atoms with van der Waals surface area (Å²) in [7, 11) is 1.58. The van der Waals surface area contributed by atoms with Gasteiger partial charge in [-0.1, -0.05) is 65.3 Å². The Hall–Kier alpha value is -1.62. The Kier molecular flexibility index (Phi) is 10.8. The van der Waals surface area contributed by atoms with Gasteiger partial charge in [0.2, 0.25) is 0 Å². The van der Waals surface area contributed by atoms with Crippen LogP contribution in [-0.4, -0.2) is 47.2 Å². The maximum absolute atomic E-state index is 13.7. The Labute approximate surface area is 224 Å². The van der Waals surface area contributed by atoms with Gasteiger partial charge < -0.3 is 9.64 Å². The normalized spacial score (nSPS) is 22.6. The van der Waals surface area contributed by atoms with E-state index in [2.05, 4.69) is 51.4 Å². The van der Waals surface area contributed by atoms with E-state index in [9.17, 15) is 9.59 Å². The first kappa shape index (κ1) is 30.6. The second kappa shape index (κ2) is 12.8. The minimum Gasteiger partial charge on any atom is -0.460 e. The highest BCUT2D eigenvalue weighted by Crippen LogP contribution is 2.41. The van der Waals surface area contributed by atoms with Crippen LogP contribution in [-0.2, 0) is 14.3 Å². The second-order valence-corrected chi connectivity index (χ2v) is 13.5. The molecule has 0 saturated heterocycles. The van der Waals surface area contributed by atoms with Crippen molar-refractivity contribution in [1.29, 1.82) is 0 Å². The number of esters is 1. The molecule has 0 unspecified atom stereocenters. The molecule has 0 radical (unpaired) electrons. The zero-order valence-electron chi connectivity index (χ0n) is 24.1. The van der Waals surface area contributed by atoms with E-state index in [1.54, 1.807) is 7.05 Å². The summed E-state index contributed by atoms with van der Waals surface area (Å²) in [6, 6.07) is 0.0658. The molecular formula is C30H49ClN2O3. The van der Waals surface area contributed by atoms with Gasteiger partial charge in [-0.3, -0.25) is 9.79 Å². The molecule has 6 heteroatoms. The van der Waals surface area contributed by atoms with Gasteiger partial charge in [-0.2, -0.15) is 0 Å². The van der Waals surface area contributed by atoms with Crippen molar-refractivity contribution in [1.82, 2.24) is 4.90 Å². The van der Waals surface area contributed by atoms with Crippen molar-refractivity contribution in [3.05, 3.63) is 23.3 Å². The van der Waals surface area contributed by atoms with Crippen molar-refractivity contribution in [2.24, 2.45) is 21.7 Å². The van der Waals surface area contributed by atoms with E-state index in [4.69, 9.17) is 16.3 Å². The first-order valence-electron chi connectivity index (χ1n) is 13.7. The lowest BCUT2D eigenvalue weighted by molar-refractivity contribution is -0.142. The maximum atomic E-state index is 13.7. The smallest absolute Gasteiger partial charge is 0.334 e. The van der Waals surface area contributed by atoms with Crippen LogP contribution in [0.4, 0.5) is 0 Å². The topological polar surface area (TPSA) is 59.0 Å². The van der Waals surface area contributed by atoms with Crippen LogP contribution in [0, 0.1) is 16.7 Å². The van der Waals surface area contributed by atoms with Crippen molar-refractivity contribution < 1.29 is 14.3 Å². The number of aliphatic imine (C=N–C) groups is 1. The monoisotopic (exact) mass is 520 g/mol. The number of hydrogen-bond donors (Lipinski definition) is 0. The largest absolute Gasteiger partial charge is 0.460 e. The number of ether oxygens (including phenoxy) is 1. The number of allylic oxidation sites excluding steroid dienone is 2. The predicted octanol–water partition coefficient (Wildman–Crippen LogP) is 7.48. The van der Waals surface area contributed by atoms with Gasteiger partial charge in [-0.25, -0.2) is 4.79 Å². The molecule has 0 aromatic heterocycles. The lowest BCUT2D eigenvalue weighted by Crippen LogP contribution is -2.52. The SMILES string of the molecule is CN=C(Cl)C(=O)N(C1CCC(C(C)(C)C)CC1)[C@H](CCC(C)(C)C)C1=CC=C(C(=O)OC(C)C)CC1.